The molecule has 24 heavy (non-hydrogen) atoms. The standard InChI is InChI=1S/C20H23BrN2O/c21-19-8-6-18(7-9-19)20(24)10-11-22-12-14-23(15-13-22)16-17-4-2-1-3-5-17/h1-9H,10-16H2. The third-order valence-electron chi connectivity index (χ3n) is 4.54. The first-order valence-electron chi connectivity index (χ1n) is 8.48. The lowest BCUT2D eigenvalue weighted by Gasteiger charge is -2.34. The normalized spacial score (nSPS) is 16.2. The van der Waals surface area contributed by atoms with Crippen LogP contribution in [0.25, 0.3) is 0 Å². The van der Waals surface area contributed by atoms with E-state index < -0.39 is 0 Å². The van der Waals surface area contributed by atoms with Crippen molar-refractivity contribution >= 4 is 21.7 Å². The Morgan fingerprint density at radius 1 is 0.875 bits per heavy atom. The van der Waals surface area contributed by atoms with E-state index in [1.807, 2.05) is 24.3 Å². The van der Waals surface area contributed by atoms with Gasteiger partial charge in [0, 0.05) is 55.7 Å². The van der Waals surface area contributed by atoms with Crippen molar-refractivity contribution in [1.82, 2.24) is 9.80 Å². The Hall–Kier alpha value is -1.49. The zero-order valence-corrected chi connectivity index (χ0v) is 15.4. The van der Waals surface area contributed by atoms with Crippen LogP contribution in [-0.2, 0) is 6.54 Å². The van der Waals surface area contributed by atoms with E-state index in [4.69, 9.17) is 0 Å². The molecular weight excluding hydrogens is 364 g/mol. The number of hydrogen-bond donors (Lipinski definition) is 0. The first-order chi connectivity index (χ1) is 11.7. The Labute approximate surface area is 152 Å². The van der Waals surface area contributed by atoms with Crippen molar-refractivity contribution in [3.8, 4) is 0 Å². The number of nitrogens with zero attached hydrogens (tertiary/aromatic N) is 2. The lowest BCUT2D eigenvalue weighted by molar-refractivity contribution is 0.0922. The number of carbonyl (C=O) groups is 1. The molecule has 2 aromatic carbocycles. The summed E-state index contributed by atoms with van der Waals surface area (Å²) in [6, 6.07) is 18.3. The lowest BCUT2D eigenvalue weighted by atomic mass is 10.1. The largest absolute Gasteiger partial charge is 0.300 e. The van der Waals surface area contributed by atoms with Gasteiger partial charge < -0.3 is 4.90 Å². The number of carbonyl (C=O) groups excluding carboxylic acids is 1. The molecule has 0 bridgehead atoms. The summed E-state index contributed by atoms with van der Waals surface area (Å²) in [6.45, 7) is 6.10. The molecule has 0 amide bonds. The molecule has 3 nitrogen and oxygen atoms in total. The van der Waals surface area contributed by atoms with Crippen molar-refractivity contribution in [2.75, 3.05) is 32.7 Å². The predicted molar refractivity (Wildman–Crippen MR) is 101 cm³/mol. The van der Waals surface area contributed by atoms with Crippen molar-refractivity contribution < 1.29 is 4.79 Å². The Balaban J connectivity index is 1.41. The minimum absolute atomic E-state index is 0.231. The molecule has 0 N–H and O–H groups in total. The fourth-order valence-electron chi connectivity index (χ4n) is 3.05. The molecule has 1 fully saturated rings. The minimum Gasteiger partial charge on any atom is -0.300 e. The second-order valence-corrected chi connectivity index (χ2v) is 7.20. The van der Waals surface area contributed by atoms with Crippen molar-refractivity contribution in [3.63, 3.8) is 0 Å². The number of hydrogen-bond acceptors (Lipinski definition) is 3. The van der Waals surface area contributed by atoms with Crippen LogP contribution in [0.1, 0.15) is 22.3 Å². The molecular formula is C20H23BrN2O. The van der Waals surface area contributed by atoms with E-state index in [0.29, 0.717) is 6.42 Å². The zero-order valence-electron chi connectivity index (χ0n) is 13.8. The van der Waals surface area contributed by atoms with Crippen LogP contribution < -0.4 is 0 Å². The molecule has 1 saturated heterocycles. The molecule has 0 spiro atoms. The van der Waals surface area contributed by atoms with Crippen LogP contribution >= 0.6 is 15.9 Å². The monoisotopic (exact) mass is 386 g/mol. The van der Waals surface area contributed by atoms with Gasteiger partial charge in [-0.2, -0.15) is 0 Å². The second kappa shape index (κ2) is 8.56. The predicted octanol–water partition coefficient (Wildman–Crippen LogP) is 3.84. The van der Waals surface area contributed by atoms with Crippen LogP contribution in [0, 0.1) is 0 Å². The first kappa shape index (κ1) is 17.3. The summed E-state index contributed by atoms with van der Waals surface area (Å²) in [5.74, 6) is 0.231. The van der Waals surface area contributed by atoms with Crippen LogP contribution in [0.4, 0.5) is 0 Å². The third kappa shape index (κ3) is 5.00. The number of piperazine rings is 1. The van der Waals surface area contributed by atoms with Gasteiger partial charge >= 0.3 is 0 Å². The summed E-state index contributed by atoms with van der Waals surface area (Å²) < 4.78 is 1.01. The van der Waals surface area contributed by atoms with Crippen LogP contribution in [0.2, 0.25) is 0 Å². The molecule has 0 saturated carbocycles. The Bertz CT molecular complexity index is 649. The van der Waals surface area contributed by atoms with Gasteiger partial charge in [-0.25, -0.2) is 0 Å². The molecule has 2 aromatic rings. The fraction of sp³-hybridized carbons (Fsp3) is 0.350. The van der Waals surface area contributed by atoms with E-state index in [2.05, 4.69) is 56.1 Å². The highest BCUT2D eigenvalue weighted by atomic mass is 79.9. The summed E-state index contributed by atoms with van der Waals surface area (Å²) in [5, 5.41) is 0. The molecule has 1 aliphatic heterocycles. The highest BCUT2D eigenvalue weighted by Gasteiger charge is 2.17. The van der Waals surface area contributed by atoms with Crippen molar-refractivity contribution in [2.24, 2.45) is 0 Å². The summed E-state index contributed by atoms with van der Waals surface area (Å²) in [7, 11) is 0. The molecule has 0 atom stereocenters. The smallest absolute Gasteiger partial charge is 0.164 e. The Kier molecular flexibility index (Phi) is 6.18. The molecule has 0 radical (unpaired) electrons. The molecule has 0 aliphatic carbocycles. The molecule has 0 unspecified atom stereocenters. The average Bonchev–Trinajstić information content (AvgIpc) is 2.62. The average molecular weight is 387 g/mol. The summed E-state index contributed by atoms with van der Waals surface area (Å²) in [6.07, 6.45) is 0.598. The van der Waals surface area contributed by atoms with Gasteiger partial charge in [0.05, 0.1) is 0 Å². The summed E-state index contributed by atoms with van der Waals surface area (Å²) in [4.78, 5) is 17.1. The van der Waals surface area contributed by atoms with E-state index in [1.165, 1.54) is 5.56 Å². The van der Waals surface area contributed by atoms with Gasteiger partial charge in [-0.1, -0.05) is 58.4 Å². The maximum atomic E-state index is 12.3. The van der Waals surface area contributed by atoms with E-state index in [9.17, 15) is 4.79 Å². The number of benzene rings is 2. The third-order valence-corrected chi connectivity index (χ3v) is 5.06. The van der Waals surface area contributed by atoms with Crippen LogP contribution in [0.15, 0.2) is 59.1 Å². The van der Waals surface area contributed by atoms with Gasteiger partial charge in [0.2, 0.25) is 0 Å². The lowest BCUT2D eigenvalue weighted by Crippen LogP contribution is -2.46. The van der Waals surface area contributed by atoms with E-state index in [1.54, 1.807) is 0 Å². The molecule has 126 valence electrons. The topological polar surface area (TPSA) is 23.6 Å². The minimum atomic E-state index is 0.231. The molecule has 3 rings (SSSR count). The van der Waals surface area contributed by atoms with Gasteiger partial charge in [0.1, 0.15) is 0 Å². The number of rotatable bonds is 6. The van der Waals surface area contributed by atoms with Gasteiger partial charge in [-0.3, -0.25) is 9.69 Å². The van der Waals surface area contributed by atoms with Gasteiger partial charge in [0.15, 0.2) is 5.78 Å². The molecule has 4 heteroatoms. The highest BCUT2D eigenvalue weighted by molar-refractivity contribution is 9.10. The number of halogens is 1. The quantitative estimate of drug-likeness (QED) is 0.704. The maximum Gasteiger partial charge on any atom is 0.164 e. The maximum absolute atomic E-state index is 12.3. The van der Waals surface area contributed by atoms with Crippen molar-refractivity contribution in [2.45, 2.75) is 13.0 Å². The van der Waals surface area contributed by atoms with E-state index >= 15 is 0 Å². The molecule has 1 heterocycles. The van der Waals surface area contributed by atoms with Gasteiger partial charge in [-0.15, -0.1) is 0 Å². The Morgan fingerprint density at radius 3 is 2.17 bits per heavy atom. The Morgan fingerprint density at radius 2 is 1.50 bits per heavy atom. The van der Waals surface area contributed by atoms with Crippen LogP contribution in [0.3, 0.4) is 0 Å². The van der Waals surface area contributed by atoms with E-state index in [0.717, 1.165) is 49.3 Å². The highest BCUT2D eigenvalue weighted by Crippen LogP contribution is 2.13. The van der Waals surface area contributed by atoms with Gasteiger partial charge in [-0.05, 0) is 17.7 Å². The van der Waals surface area contributed by atoms with Crippen molar-refractivity contribution in [1.29, 1.82) is 0 Å². The van der Waals surface area contributed by atoms with Gasteiger partial charge in [0.25, 0.3) is 0 Å². The summed E-state index contributed by atoms with van der Waals surface area (Å²) in [5.41, 5.74) is 2.18. The number of ketones is 1. The second-order valence-electron chi connectivity index (χ2n) is 6.28. The van der Waals surface area contributed by atoms with Crippen molar-refractivity contribution in [3.05, 3.63) is 70.2 Å². The van der Waals surface area contributed by atoms with Crippen LogP contribution in [0.5, 0.6) is 0 Å². The summed E-state index contributed by atoms with van der Waals surface area (Å²) >= 11 is 3.40. The fourth-order valence-corrected chi connectivity index (χ4v) is 3.32. The zero-order chi connectivity index (χ0) is 16.8. The van der Waals surface area contributed by atoms with Crippen LogP contribution in [-0.4, -0.2) is 48.3 Å². The molecule has 1 aliphatic rings. The van der Waals surface area contributed by atoms with E-state index in [-0.39, 0.29) is 5.78 Å². The molecule has 0 aromatic heterocycles. The first-order valence-corrected chi connectivity index (χ1v) is 9.27. The SMILES string of the molecule is O=C(CCN1CCN(Cc2ccccc2)CC1)c1ccc(Br)cc1. The number of Topliss-reactive ketones (excluding diaryl/α,β-unsaturated/α-hetero) is 1.